The first kappa shape index (κ1) is 33.7. The van der Waals surface area contributed by atoms with E-state index in [1.165, 1.54) is 28.4 Å². The Labute approximate surface area is 269 Å². The van der Waals surface area contributed by atoms with E-state index in [0.717, 1.165) is 46.4 Å². The topological polar surface area (TPSA) is 126 Å². The number of rotatable bonds is 6. The van der Waals surface area contributed by atoms with Crippen molar-refractivity contribution in [1.29, 1.82) is 0 Å². The van der Waals surface area contributed by atoms with Gasteiger partial charge in [-0.3, -0.25) is 4.79 Å². The molecule has 0 saturated carbocycles. The van der Waals surface area contributed by atoms with Crippen molar-refractivity contribution in [2.24, 2.45) is 5.92 Å². The van der Waals surface area contributed by atoms with Gasteiger partial charge < -0.3 is 23.8 Å². The van der Waals surface area contributed by atoms with Gasteiger partial charge in [0.2, 0.25) is 5.91 Å². The van der Waals surface area contributed by atoms with E-state index in [1.807, 2.05) is 53.7 Å². The summed E-state index contributed by atoms with van der Waals surface area (Å²) in [6.07, 6.45) is 0.269. The lowest BCUT2D eigenvalue weighted by Gasteiger charge is -2.51. The number of amides is 1. The smallest absolute Gasteiger partial charge is 0.345 e. The summed E-state index contributed by atoms with van der Waals surface area (Å²) in [6, 6.07) is 3.87. The Kier molecular flexibility index (Phi) is 9.44. The van der Waals surface area contributed by atoms with E-state index in [1.54, 1.807) is 4.90 Å². The molecule has 0 aromatic heterocycles. The maximum Gasteiger partial charge on any atom is 0.345 e. The highest BCUT2D eigenvalue weighted by atomic mass is 32.2. The first-order valence-corrected chi connectivity index (χ1v) is 16.1. The Morgan fingerprint density at radius 3 is 1.73 bits per heavy atom. The van der Waals surface area contributed by atoms with Crippen LogP contribution < -0.4 is 4.90 Å². The molecule has 1 aromatic carbocycles. The molecule has 1 amide bonds. The maximum atomic E-state index is 14.0. The Morgan fingerprint density at radius 1 is 0.773 bits per heavy atom. The van der Waals surface area contributed by atoms with Gasteiger partial charge >= 0.3 is 23.9 Å². The molecule has 0 fully saturated rings. The number of ether oxygens (including phenoxy) is 4. The molecule has 44 heavy (non-hydrogen) atoms. The summed E-state index contributed by atoms with van der Waals surface area (Å²) in [7, 11) is 4.75. The molecule has 3 aliphatic heterocycles. The van der Waals surface area contributed by atoms with Crippen molar-refractivity contribution in [3.05, 3.63) is 54.0 Å². The van der Waals surface area contributed by atoms with Crippen LogP contribution in [0.2, 0.25) is 0 Å². The van der Waals surface area contributed by atoms with Crippen LogP contribution in [0.5, 0.6) is 0 Å². The van der Waals surface area contributed by atoms with Crippen LogP contribution in [-0.2, 0) is 42.9 Å². The normalized spacial score (nSPS) is 18.3. The van der Waals surface area contributed by atoms with E-state index in [2.05, 4.69) is 0 Å². The molecule has 236 valence electrons. The molecule has 0 aliphatic carbocycles. The molecular weight excluding hydrogens is 627 g/mol. The minimum atomic E-state index is -1.61. The molecule has 0 saturated heterocycles. The van der Waals surface area contributed by atoms with Crippen LogP contribution in [0, 0.1) is 19.8 Å². The van der Waals surface area contributed by atoms with Crippen molar-refractivity contribution in [3.63, 3.8) is 0 Å². The molecule has 0 N–H and O–H groups in total. The van der Waals surface area contributed by atoms with E-state index >= 15 is 0 Å². The standard InChI is InChI=1S/C31H35NO9S3/c1-14(2)11-19(33)32-18-13-16(4)15(3)12-17(18)20-25(30(32,5)6)42-22(27(35)39-8)21(26(34)38-7)31(20)43-23(28(36)40-9)24(44-31)29(37)41-10/h12-14H,11H2,1-10H3. The second-order valence-electron chi connectivity index (χ2n) is 11.3. The van der Waals surface area contributed by atoms with Crippen molar-refractivity contribution >= 4 is 76.3 Å². The second kappa shape index (κ2) is 12.3. The number of hydrogen-bond acceptors (Lipinski definition) is 12. The summed E-state index contributed by atoms with van der Waals surface area (Å²) >= 11 is 2.84. The Hall–Kier alpha value is -3.16. The largest absolute Gasteiger partial charge is 0.466 e. The van der Waals surface area contributed by atoms with Crippen LogP contribution in [0.4, 0.5) is 5.69 Å². The number of nitrogens with zero attached hydrogens (tertiary/aromatic N) is 1. The summed E-state index contributed by atoms with van der Waals surface area (Å²) in [6.45, 7) is 11.6. The van der Waals surface area contributed by atoms with Crippen molar-refractivity contribution in [3.8, 4) is 0 Å². The number of thioether (sulfide) groups is 3. The Bertz CT molecular complexity index is 1560. The molecule has 1 aromatic rings. The first-order chi connectivity index (χ1) is 20.6. The fraction of sp³-hybridized carbons (Fsp3) is 0.452. The van der Waals surface area contributed by atoms with Crippen LogP contribution in [0.1, 0.15) is 50.8 Å². The Balaban J connectivity index is 2.19. The highest BCUT2D eigenvalue weighted by Crippen LogP contribution is 2.71. The van der Waals surface area contributed by atoms with E-state index in [9.17, 15) is 24.0 Å². The third-order valence-electron chi connectivity index (χ3n) is 7.59. The van der Waals surface area contributed by atoms with Crippen molar-refractivity contribution in [2.75, 3.05) is 33.3 Å². The van der Waals surface area contributed by atoms with E-state index < -0.39 is 33.5 Å². The van der Waals surface area contributed by atoms with Gasteiger partial charge in [0.25, 0.3) is 0 Å². The van der Waals surface area contributed by atoms with Crippen molar-refractivity contribution < 1.29 is 42.9 Å². The first-order valence-electron chi connectivity index (χ1n) is 13.7. The average molecular weight is 662 g/mol. The zero-order valence-corrected chi connectivity index (χ0v) is 28.7. The molecule has 0 bridgehead atoms. The minimum absolute atomic E-state index is 0.0702. The number of fused-ring (bicyclic) bond motifs is 3. The SMILES string of the molecule is COC(=O)C1=C(C(=O)OC)SC2(S1)C(C(=O)OC)=C(C(=O)OC)SC1=C2c2cc(C)c(C)cc2N(C(=O)CC(C)C)C1(C)C. The second-order valence-corrected chi connectivity index (χ2v) is 15.0. The van der Waals surface area contributed by atoms with Gasteiger partial charge in [-0.15, -0.1) is 0 Å². The van der Waals surface area contributed by atoms with Gasteiger partial charge in [0.05, 0.1) is 45.2 Å². The van der Waals surface area contributed by atoms with Gasteiger partial charge in [0.15, 0.2) is 0 Å². The van der Waals surface area contributed by atoms with E-state index in [0.29, 0.717) is 21.7 Å². The Morgan fingerprint density at radius 2 is 1.25 bits per heavy atom. The number of esters is 4. The molecule has 0 unspecified atom stereocenters. The fourth-order valence-corrected chi connectivity index (χ4v) is 10.5. The van der Waals surface area contributed by atoms with Crippen LogP contribution in [0.25, 0.3) is 5.57 Å². The quantitative estimate of drug-likeness (QED) is 0.291. The number of carbonyl (C=O) groups excluding carboxylic acids is 5. The summed E-state index contributed by atoms with van der Waals surface area (Å²) in [4.78, 5) is 69.5. The molecule has 0 radical (unpaired) electrons. The van der Waals surface area contributed by atoms with Gasteiger partial charge in [-0.2, -0.15) is 0 Å². The highest BCUT2D eigenvalue weighted by Gasteiger charge is 2.61. The van der Waals surface area contributed by atoms with Crippen LogP contribution in [-0.4, -0.2) is 67.8 Å². The van der Waals surface area contributed by atoms with Gasteiger partial charge in [0, 0.05) is 22.5 Å². The third kappa shape index (κ3) is 5.26. The molecule has 13 heteroatoms. The van der Waals surface area contributed by atoms with Crippen LogP contribution in [0.3, 0.4) is 0 Å². The number of anilines is 1. The van der Waals surface area contributed by atoms with Crippen molar-refractivity contribution in [2.45, 2.75) is 57.6 Å². The van der Waals surface area contributed by atoms with Crippen LogP contribution >= 0.6 is 35.3 Å². The predicted octanol–water partition coefficient (Wildman–Crippen LogP) is 5.27. The summed E-state index contributed by atoms with van der Waals surface area (Å²) < 4.78 is 18.8. The zero-order valence-electron chi connectivity index (χ0n) is 26.3. The molecule has 3 aliphatic rings. The number of benzene rings is 1. The lowest BCUT2D eigenvalue weighted by atomic mass is 9.82. The summed E-state index contributed by atoms with van der Waals surface area (Å²) in [5.41, 5.74) is 2.49. The molecule has 3 heterocycles. The molecule has 1 spiro atoms. The number of carbonyl (C=O) groups is 5. The monoisotopic (exact) mass is 661 g/mol. The van der Waals surface area contributed by atoms with Gasteiger partial charge in [-0.1, -0.05) is 49.1 Å². The summed E-state index contributed by atoms with van der Waals surface area (Å²) in [5, 5.41) is 0. The number of aryl methyl sites for hydroxylation is 2. The van der Waals surface area contributed by atoms with E-state index in [4.69, 9.17) is 18.9 Å². The average Bonchev–Trinajstić information content (AvgIpc) is 3.36. The van der Waals surface area contributed by atoms with Gasteiger partial charge in [0.1, 0.15) is 18.8 Å². The maximum absolute atomic E-state index is 14.0. The highest BCUT2D eigenvalue weighted by molar-refractivity contribution is 8.26. The predicted molar refractivity (Wildman–Crippen MR) is 171 cm³/mol. The van der Waals surface area contributed by atoms with Crippen molar-refractivity contribution in [1.82, 2.24) is 0 Å². The van der Waals surface area contributed by atoms with Gasteiger partial charge in [-0.25, -0.2) is 19.2 Å². The summed E-state index contributed by atoms with van der Waals surface area (Å²) in [5.74, 6) is -3.33. The van der Waals surface area contributed by atoms with Gasteiger partial charge in [-0.05, 0) is 56.9 Å². The fourth-order valence-electron chi connectivity index (χ4n) is 5.46. The number of hydrogen-bond donors (Lipinski definition) is 0. The lowest BCUT2D eigenvalue weighted by Crippen LogP contribution is -2.54. The number of methoxy groups -OCH3 is 4. The lowest BCUT2D eigenvalue weighted by molar-refractivity contribution is -0.138. The zero-order chi connectivity index (χ0) is 32.9. The van der Waals surface area contributed by atoms with E-state index in [-0.39, 0.29) is 38.5 Å². The minimum Gasteiger partial charge on any atom is -0.466 e. The molecule has 4 rings (SSSR count). The molecular formula is C31H35NO9S3. The third-order valence-corrected chi connectivity index (χ3v) is 12.2. The molecule has 10 nitrogen and oxygen atoms in total. The molecule has 0 atom stereocenters. The van der Waals surface area contributed by atoms with Crippen LogP contribution in [0.15, 0.2) is 37.3 Å².